The van der Waals surface area contributed by atoms with Crippen LogP contribution in [0.2, 0.25) is 10.0 Å². The first kappa shape index (κ1) is 21.4. The van der Waals surface area contributed by atoms with Crippen LogP contribution >= 0.6 is 23.2 Å². The molecule has 2 aromatic carbocycles. The fourth-order valence-electron chi connectivity index (χ4n) is 3.28. The van der Waals surface area contributed by atoms with Crippen LogP contribution in [0.3, 0.4) is 0 Å². The van der Waals surface area contributed by atoms with Gasteiger partial charge in [-0.1, -0.05) is 47.5 Å². The van der Waals surface area contributed by atoms with E-state index in [0.29, 0.717) is 10.0 Å². The van der Waals surface area contributed by atoms with Crippen molar-refractivity contribution in [1.82, 2.24) is 4.57 Å². The number of rotatable bonds is 7. The van der Waals surface area contributed by atoms with Crippen molar-refractivity contribution in [1.29, 1.82) is 0 Å². The Morgan fingerprint density at radius 2 is 1.79 bits per heavy atom. The fraction of sp³-hybridized carbons (Fsp3) is 0.190. The molecule has 0 unspecified atom stereocenters. The fourth-order valence-corrected chi connectivity index (χ4v) is 4.30. The van der Waals surface area contributed by atoms with Crippen molar-refractivity contribution in [3.05, 3.63) is 70.9 Å². The zero-order chi connectivity index (χ0) is 21.2. The van der Waals surface area contributed by atoms with Gasteiger partial charge in [0.25, 0.3) is 0 Å². The molecule has 0 aliphatic rings. The molecule has 1 aromatic heterocycles. The maximum Gasteiger partial charge on any atom is 0.323 e. The maximum atomic E-state index is 12.0. The molecule has 29 heavy (non-hydrogen) atoms. The third kappa shape index (κ3) is 4.83. The van der Waals surface area contributed by atoms with Gasteiger partial charge in [-0.05, 0) is 36.8 Å². The molecule has 0 spiro atoms. The molecule has 3 rings (SSSR count). The molecule has 3 aromatic rings. The van der Waals surface area contributed by atoms with E-state index in [1.807, 2.05) is 54.0 Å². The summed E-state index contributed by atoms with van der Waals surface area (Å²) in [6, 6.07) is 13.1. The van der Waals surface area contributed by atoms with E-state index in [1.54, 1.807) is 0 Å². The van der Waals surface area contributed by atoms with Crippen molar-refractivity contribution in [2.75, 3.05) is 5.75 Å². The summed E-state index contributed by atoms with van der Waals surface area (Å²) in [5.41, 5.74) is 3.75. The lowest BCUT2D eigenvalue weighted by Crippen LogP contribution is -2.17. The van der Waals surface area contributed by atoms with Gasteiger partial charge in [0.2, 0.25) is 0 Å². The number of fused-ring (bicyclic) bond motifs is 1. The number of carbonyl (C=O) groups excluding carboxylic acids is 1. The Morgan fingerprint density at radius 1 is 1.14 bits per heavy atom. The minimum absolute atomic E-state index is 0.104. The molecule has 0 aliphatic heterocycles. The van der Waals surface area contributed by atoms with E-state index in [1.165, 1.54) is 6.08 Å². The van der Waals surface area contributed by atoms with Crippen LogP contribution in [0, 0.1) is 6.92 Å². The average molecular weight is 452 g/mol. The first-order chi connectivity index (χ1) is 13.7. The summed E-state index contributed by atoms with van der Waals surface area (Å²) in [7, 11) is -3.95. The van der Waals surface area contributed by atoms with Crippen LogP contribution in [-0.2, 0) is 25.6 Å². The van der Waals surface area contributed by atoms with E-state index in [0.717, 1.165) is 27.7 Å². The molecule has 152 valence electrons. The number of hydrogen-bond acceptors (Lipinski definition) is 4. The van der Waals surface area contributed by atoms with Gasteiger partial charge in [-0.25, -0.2) is 0 Å². The van der Waals surface area contributed by atoms with Crippen molar-refractivity contribution < 1.29 is 17.4 Å². The van der Waals surface area contributed by atoms with Crippen LogP contribution in [0.1, 0.15) is 12.1 Å². The molecule has 0 bridgehead atoms. The van der Waals surface area contributed by atoms with Gasteiger partial charge < -0.3 is 8.75 Å². The van der Waals surface area contributed by atoms with Crippen LogP contribution in [0.15, 0.2) is 55.1 Å². The second-order valence-corrected chi connectivity index (χ2v) is 8.99. The van der Waals surface area contributed by atoms with E-state index in [2.05, 4.69) is 10.8 Å². The molecule has 0 atom stereocenters. The van der Waals surface area contributed by atoms with Crippen molar-refractivity contribution in [3.63, 3.8) is 0 Å². The predicted octanol–water partition coefficient (Wildman–Crippen LogP) is 5.37. The van der Waals surface area contributed by atoms with E-state index >= 15 is 0 Å². The van der Waals surface area contributed by atoms with Gasteiger partial charge in [0, 0.05) is 33.2 Å². The standard InChI is InChI=1S/C21H19Cl2NO4S/c1-3-12-29(26,27)28-20(25)10-11-24-14(2)21(15-4-6-16(22)7-5-15)18-9-8-17(23)13-19(18)24/h3-9,13H,1,10-12H2,2H3. The Hall–Kier alpha value is -2.28. The van der Waals surface area contributed by atoms with Crippen LogP contribution < -0.4 is 0 Å². The van der Waals surface area contributed by atoms with Gasteiger partial charge in [-0.3, -0.25) is 4.79 Å². The lowest BCUT2D eigenvalue weighted by Gasteiger charge is -2.09. The van der Waals surface area contributed by atoms with Crippen molar-refractivity contribution in [2.45, 2.75) is 19.9 Å². The van der Waals surface area contributed by atoms with Gasteiger partial charge >= 0.3 is 16.1 Å². The molecular weight excluding hydrogens is 433 g/mol. The molecule has 0 N–H and O–H groups in total. The number of carbonyl (C=O) groups is 1. The quantitative estimate of drug-likeness (QED) is 0.357. The number of hydrogen-bond donors (Lipinski definition) is 0. The minimum Gasteiger partial charge on any atom is -0.345 e. The Kier molecular flexibility index (Phi) is 6.36. The number of nitrogens with zero attached hydrogens (tertiary/aromatic N) is 1. The Morgan fingerprint density at radius 3 is 2.45 bits per heavy atom. The van der Waals surface area contributed by atoms with E-state index < -0.39 is 21.8 Å². The number of aromatic nitrogens is 1. The van der Waals surface area contributed by atoms with E-state index in [-0.39, 0.29) is 13.0 Å². The van der Waals surface area contributed by atoms with Crippen LogP contribution in [0.25, 0.3) is 22.0 Å². The van der Waals surface area contributed by atoms with Crippen LogP contribution in [0.5, 0.6) is 0 Å². The van der Waals surface area contributed by atoms with Gasteiger partial charge in [0.1, 0.15) is 5.75 Å². The largest absolute Gasteiger partial charge is 0.345 e. The normalized spacial score (nSPS) is 11.6. The molecule has 0 aliphatic carbocycles. The molecular formula is C21H19Cl2NO4S. The highest BCUT2D eigenvalue weighted by Crippen LogP contribution is 2.36. The van der Waals surface area contributed by atoms with Gasteiger partial charge in [0.15, 0.2) is 0 Å². The number of aryl methyl sites for hydroxylation is 1. The summed E-state index contributed by atoms with van der Waals surface area (Å²) < 4.78 is 29.8. The van der Waals surface area contributed by atoms with Gasteiger partial charge in [-0.15, -0.1) is 6.58 Å². The highest BCUT2D eigenvalue weighted by Gasteiger charge is 2.19. The molecule has 0 radical (unpaired) electrons. The van der Waals surface area contributed by atoms with E-state index in [9.17, 15) is 13.2 Å². The molecule has 0 saturated carbocycles. The lowest BCUT2D eigenvalue weighted by atomic mass is 10.0. The van der Waals surface area contributed by atoms with Crippen molar-refractivity contribution >= 4 is 50.2 Å². The molecule has 5 nitrogen and oxygen atoms in total. The zero-order valence-electron chi connectivity index (χ0n) is 15.7. The SMILES string of the molecule is C=CCS(=O)(=O)OC(=O)CCn1c(C)c(-c2ccc(Cl)cc2)c2ccc(Cl)cc21. The average Bonchev–Trinajstić information content (AvgIpc) is 2.91. The monoisotopic (exact) mass is 451 g/mol. The summed E-state index contributed by atoms with van der Waals surface area (Å²) >= 11 is 12.2. The lowest BCUT2D eigenvalue weighted by molar-refractivity contribution is -0.134. The first-order valence-corrected chi connectivity index (χ1v) is 11.2. The third-order valence-corrected chi connectivity index (χ3v) is 6.07. The summed E-state index contributed by atoms with van der Waals surface area (Å²) in [5, 5.41) is 2.18. The second-order valence-electron chi connectivity index (χ2n) is 6.50. The van der Waals surface area contributed by atoms with Crippen LogP contribution in [0.4, 0.5) is 0 Å². The van der Waals surface area contributed by atoms with Crippen molar-refractivity contribution in [3.8, 4) is 11.1 Å². The topological polar surface area (TPSA) is 65.4 Å². The van der Waals surface area contributed by atoms with E-state index in [4.69, 9.17) is 23.2 Å². The summed E-state index contributed by atoms with van der Waals surface area (Å²) in [4.78, 5) is 12.0. The Balaban J connectivity index is 1.97. The Labute approximate surface area is 179 Å². The molecule has 0 amide bonds. The summed E-state index contributed by atoms with van der Waals surface area (Å²) in [6.07, 6.45) is 1.07. The number of benzene rings is 2. The Bertz CT molecular complexity index is 1180. The molecule has 1 heterocycles. The van der Waals surface area contributed by atoms with Gasteiger partial charge in [0.05, 0.1) is 11.9 Å². The third-order valence-electron chi connectivity index (χ3n) is 4.50. The highest BCUT2D eigenvalue weighted by molar-refractivity contribution is 7.87. The molecule has 0 saturated heterocycles. The second kappa shape index (κ2) is 8.61. The number of halogens is 2. The minimum atomic E-state index is -3.95. The first-order valence-electron chi connectivity index (χ1n) is 8.82. The highest BCUT2D eigenvalue weighted by atomic mass is 35.5. The van der Waals surface area contributed by atoms with Crippen LogP contribution in [-0.4, -0.2) is 24.7 Å². The summed E-state index contributed by atoms with van der Waals surface area (Å²) in [5.74, 6) is -1.23. The van der Waals surface area contributed by atoms with Crippen molar-refractivity contribution in [2.24, 2.45) is 0 Å². The summed E-state index contributed by atoms with van der Waals surface area (Å²) in [6.45, 7) is 5.53. The predicted molar refractivity (Wildman–Crippen MR) is 117 cm³/mol. The van der Waals surface area contributed by atoms with Gasteiger partial charge in [-0.2, -0.15) is 8.42 Å². The molecule has 0 fully saturated rings. The smallest absolute Gasteiger partial charge is 0.323 e. The maximum absolute atomic E-state index is 12.0. The molecule has 8 heteroatoms. The zero-order valence-corrected chi connectivity index (χ0v) is 18.0.